The van der Waals surface area contributed by atoms with Gasteiger partial charge in [0.1, 0.15) is 18.1 Å². The van der Waals surface area contributed by atoms with E-state index in [0.29, 0.717) is 23.7 Å². The molecule has 0 aromatic heterocycles. The maximum Gasteiger partial charge on any atom is 0.275 e. The second kappa shape index (κ2) is 9.39. The fraction of sp³-hybridized carbons (Fsp3) is 0.111. The Morgan fingerprint density at radius 2 is 1.88 bits per heavy atom. The number of benzene rings is 2. The molecule has 0 aliphatic carbocycles. The van der Waals surface area contributed by atoms with E-state index in [9.17, 15) is 4.79 Å². The van der Waals surface area contributed by atoms with E-state index < -0.39 is 0 Å². The average molecular weight is 468 g/mol. The van der Waals surface area contributed by atoms with Crippen molar-refractivity contribution < 1.29 is 14.3 Å². The van der Waals surface area contributed by atoms with Gasteiger partial charge in [-0.25, -0.2) is 5.43 Å². The SMILES string of the molecule is C=CCOc1ccc(Br)cc1C=NNC(=O)c1cc(Br)ccc1OC. The molecule has 2 aromatic rings. The summed E-state index contributed by atoms with van der Waals surface area (Å²) in [6, 6.07) is 10.7. The molecule has 2 aromatic carbocycles. The van der Waals surface area contributed by atoms with Crippen LogP contribution in [0.5, 0.6) is 11.5 Å². The molecule has 2 rings (SSSR count). The lowest BCUT2D eigenvalue weighted by Gasteiger charge is -2.08. The Bertz CT molecular complexity index is 807. The highest BCUT2D eigenvalue weighted by molar-refractivity contribution is 9.10. The molecule has 0 fully saturated rings. The first-order valence-electron chi connectivity index (χ1n) is 7.25. The largest absolute Gasteiger partial charge is 0.496 e. The lowest BCUT2D eigenvalue weighted by atomic mass is 10.2. The monoisotopic (exact) mass is 466 g/mol. The van der Waals surface area contributed by atoms with Crippen LogP contribution < -0.4 is 14.9 Å². The Balaban J connectivity index is 2.15. The van der Waals surface area contributed by atoms with Gasteiger partial charge >= 0.3 is 0 Å². The second-order valence-corrected chi connectivity index (χ2v) is 6.66. The number of hydrogen-bond donors (Lipinski definition) is 1. The van der Waals surface area contributed by atoms with Crippen molar-refractivity contribution in [1.29, 1.82) is 0 Å². The summed E-state index contributed by atoms with van der Waals surface area (Å²) >= 11 is 6.74. The van der Waals surface area contributed by atoms with Gasteiger partial charge in [0.2, 0.25) is 0 Å². The molecule has 5 nitrogen and oxygen atoms in total. The van der Waals surface area contributed by atoms with Gasteiger partial charge in [-0.1, -0.05) is 44.5 Å². The molecule has 0 atom stereocenters. The molecule has 0 aliphatic heterocycles. The molecule has 1 amide bonds. The molecule has 0 unspecified atom stereocenters. The minimum absolute atomic E-state index is 0.377. The summed E-state index contributed by atoms with van der Waals surface area (Å²) in [5.74, 6) is 0.729. The van der Waals surface area contributed by atoms with Crippen LogP contribution in [0.25, 0.3) is 0 Å². The standard InChI is InChI=1S/C18H16Br2N2O3/c1-3-8-25-16-6-4-13(19)9-12(16)11-21-22-18(23)15-10-14(20)5-7-17(15)24-2/h3-7,9-11H,1,8H2,2H3,(H,22,23). The predicted molar refractivity (Wildman–Crippen MR) is 106 cm³/mol. The first-order valence-corrected chi connectivity index (χ1v) is 8.84. The van der Waals surface area contributed by atoms with E-state index in [4.69, 9.17) is 9.47 Å². The highest BCUT2D eigenvalue weighted by atomic mass is 79.9. The summed E-state index contributed by atoms with van der Waals surface area (Å²) in [5.41, 5.74) is 3.59. The lowest BCUT2D eigenvalue weighted by Crippen LogP contribution is -2.18. The molecule has 0 saturated heterocycles. The van der Waals surface area contributed by atoms with Gasteiger partial charge in [0.05, 0.1) is 18.9 Å². The summed E-state index contributed by atoms with van der Waals surface area (Å²) < 4.78 is 12.4. The van der Waals surface area contributed by atoms with Gasteiger partial charge in [0, 0.05) is 14.5 Å². The lowest BCUT2D eigenvalue weighted by molar-refractivity contribution is 0.0952. The van der Waals surface area contributed by atoms with Crippen molar-refractivity contribution in [2.45, 2.75) is 0 Å². The molecule has 0 aliphatic rings. The quantitative estimate of drug-likeness (QED) is 0.369. The Hall–Kier alpha value is -2.12. The normalized spacial score (nSPS) is 10.5. The fourth-order valence-corrected chi connectivity index (χ4v) is 2.72. The third-order valence-corrected chi connectivity index (χ3v) is 4.09. The smallest absolute Gasteiger partial charge is 0.275 e. The maximum atomic E-state index is 12.3. The van der Waals surface area contributed by atoms with Crippen LogP contribution in [0.2, 0.25) is 0 Å². The summed E-state index contributed by atoms with van der Waals surface area (Å²) in [6.45, 7) is 4.00. The third-order valence-electron chi connectivity index (χ3n) is 3.10. The maximum absolute atomic E-state index is 12.3. The Kier molecular flexibility index (Phi) is 7.21. The van der Waals surface area contributed by atoms with E-state index in [2.05, 4.69) is 49.0 Å². The number of methoxy groups -OCH3 is 1. The molecule has 0 radical (unpaired) electrons. The predicted octanol–water partition coefficient (Wildman–Crippen LogP) is 4.55. The minimum atomic E-state index is -0.377. The van der Waals surface area contributed by atoms with Crippen LogP contribution in [0.3, 0.4) is 0 Å². The number of nitrogens with zero attached hydrogens (tertiary/aromatic N) is 1. The Labute approximate surface area is 163 Å². The number of hydrogen-bond acceptors (Lipinski definition) is 4. The molecule has 0 spiro atoms. The summed E-state index contributed by atoms with van der Waals surface area (Å²) in [4.78, 5) is 12.3. The number of hydrazone groups is 1. The number of amides is 1. The highest BCUT2D eigenvalue weighted by Gasteiger charge is 2.12. The molecule has 0 bridgehead atoms. The van der Waals surface area contributed by atoms with Crippen LogP contribution in [0, 0.1) is 0 Å². The number of carbonyl (C=O) groups is 1. The van der Waals surface area contributed by atoms with Crippen molar-refractivity contribution >= 4 is 44.0 Å². The molecule has 7 heteroatoms. The van der Waals surface area contributed by atoms with Crippen molar-refractivity contribution in [2.24, 2.45) is 5.10 Å². The van der Waals surface area contributed by atoms with Gasteiger partial charge < -0.3 is 9.47 Å². The van der Waals surface area contributed by atoms with Gasteiger partial charge in [-0.15, -0.1) is 0 Å². The van der Waals surface area contributed by atoms with Crippen molar-refractivity contribution in [2.75, 3.05) is 13.7 Å². The van der Waals surface area contributed by atoms with E-state index in [1.54, 1.807) is 24.3 Å². The summed E-state index contributed by atoms with van der Waals surface area (Å²) in [7, 11) is 1.51. The van der Waals surface area contributed by atoms with Crippen molar-refractivity contribution in [3.8, 4) is 11.5 Å². The first kappa shape index (κ1) is 19.2. The zero-order chi connectivity index (χ0) is 18.2. The molecule has 25 heavy (non-hydrogen) atoms. The van der Waals surface area contributed by atoms with Crippen LogP contribution in [0.1, 0.15) is 15.9 Å². The first-order chi connectivity index (χ1) is 12.0. The number of nitrogens with one attached hydrogen (secondary N) is 1. The number of rotatable bonds is 7. The van der Waals surface area contributed by atoms with E-state index >= 15 is 0 Å². The van der Waals surface area contributed by atoms with Crippen LogP contribution in [-0.4, -0.2) is 25.8 Å². The van der Waals surface area contributed by atoms with Crippen molar-refractivity contribution in [1.82, 2.24) is 5.43 Å². The number of carbonyl (C=O) groups excluding carboxylic acids is 1. The van der Waals surface area contributed by atoms with Gasteiger partial charge in [-0.2, -0.15) is 5.10 Å². The van der Waals surface area contributed by atoms with E-state index in [0.717, 1.165) is 14.5 Å². The molecule has 1 N–H and O–H groups in total. The highest BCUT2D eigenvalue weighted by Crippen LogP contribution is 2.23. The van der Waals surface area contributed by atoms with Crippen LogP contribution in [0.15, 0.2) is 63.1 Å². The molecular weight excluding hydrogens is 452 g/mol. The fourth-order valence-electron chi connectivity index (χ4n) is 1.98. The van der Waals surface area contributed by atoms with E-state index in [1.165, 1.54) is 13.3 Å². The van der Waals surface area contributed by atoms with Gasteiger partial charge in [0.15, 0.2) is 0 Å². The molecule has 130 valence electrons. The van der Waals surface area contributed by atoms with Crippen LogP contribution >= 0.6 is 31.9 Å². The van der Waals surface area contributed by atoms with Gasteiger partial charge in [0.25, 0.3) is 5.91 Å². The van der Waals surface area contributed by atoms with E-state index in [1.807, 2.05) is 18.2 Å². The number of ether oxygens (including phenoxy) is 2. The molecular formula is C18H16Br2N2O3. The van der Waals surface area contributed by atoms with Gasteiger partial charge in [-0.3, -0.25) is 4.79 Å². The average Bonchev–Trinajstić information content (AvgIpc) is 2.61. The topological polar surface area (TPSA) is 59.9 Å². The Morgan fingerprint density at radius 1 is 1.20 bits per heavy atom. The van der Waals surface area contributed by atoms with Crippen LogP contribution in [-0.2, 0) is 0 Å². The van der Waals surface area contributed by atoms with Crippen LogP contribution in [0.4, 0.5) is 0 Å². The third kappa shape index (κ3) is 5.44. The summed E-state index contributed by atoms with van der Waals surface area (Å²) in [6.07, 6.45) is 3.18. The van der Waals surface area contributed by atoms with Crippen molar-refractivity contribution in [3.05, 3.63) is 69.1 Å². The van der Waals surface area contributed by atoms with Gasteiger partial charge in [-0.05, 0) is 36.4 Å². The minimum Gasteiger partial charge on any atom is -0.496 e. The number of halogens is 2. The van der Waals surface area contributed by atoms with E-state index in [-0.39, 0.29) is 5.91 Å². The zero-order valence-corrected chi connectivity index (χ0v) is 16.6. The second-order valence-electron chi connectivity index (χ2n) is 4.83. The van der Waals surface area contributed by atoms with Crippen molar-refractivity contribution in [3.63, 3.8) is 0 Å². The Morgan fingerprint density at radius 3 is 2.56 bits per heavy atom. The molecule has 0 saturated carbocycles. The summed E-state index contributed by atoms with van der Waals surface area (Å²) in [5, 5.41) is 4.01. The molecule has 0 heterocycles. The zero-order valence-electron chi connectivity index (χ0n) is 13.5.